The van der Waals surface area contributed by atoms with Crippen molar-refractivity contribution in [3.63, 3.8) is 0 Å². The Morgan fingerprint density at radius 1 is 1.37 bits per heavy atom. The Morgan fingerprint density at radius 3 is 2.93 bits per heavy atom. The predicted molar refractivity (Wildman–Crippen MR) is 102 cm³/mol. The monoisotopic (exact) mass is 421 g/mol. The lowest BCUT2D eigenvalue weighted by atomic mass is 9.92. The highest BCUT2D eigenvalue weighted by molar-refractivity contribution is 5.81. The smallest absolute Gasteiger partial charge is 0.342 e. The molecule has 0 saturated carbocycles. The van der Waals surface area contributed by atoms with E-state index < -0.39 is 11.7 Å². The molecule has 4 heterocycles. The van der Waals surface area contributed by atoms with Crippen molar-refractivity contribution in [3.05, 3.63) is 41.7 Å². The number of nitrogens with zero attached hydrogens (tertiary/aromatic N) is 5. The fraction of sp³-hybridized carbons (Fsp3) is 0.500. The van der Waals surface area contributed by atoms with Gasteiger partial charge >= 0.3 is 6.18 Å². The van der Waals surface area contributed by atoms with Crippen LogP contribution in [-0.2, 0) is 17.5 Å². The summed E-state index contributed by atoms with van der Waals surface area (Å²) >= 11 is 0. The maximum absolute atomic E-state index is 13.6. The molecule has 10 heteroatoms. The average Bonchev–Trinajstić information content (AvgIpc) is 3.37. The SMILES string of the molecule is Cc1noc2nc(C3CCCN(C(=O)CCCn4ccnc4)C3)cc(C(F)(F)F)c12. The van der Waals surface area contributed by atoms with E-state index in [1.54, 1.807) is 17.4 Å². The van der Waals surface area contributed by atoms with Crippen LogP contribution in [-0.4, -0.2) is 43.6 Å². The van der Waals surface area contributed by atoms with Crippen LogP contribution in [0.25, 0.3) is 11.1 Å². The van der Waals surface area contributed by atoms with E-state index in [4.69, 9.17) is 4.52 Å². The third-order valence-corrected chi connectivity index (χ3v) is 5.50. The van der Waals surface area contributed by atoms with Crippen LogP contribution in [0.3, 0.4) is 0 Å². The van der Waals surface area contributed by atoms with E-state index in [9.17, 15) is 18.0 Å². The zero-order valence-corrected chi connectivity index (χ0v) is 16.5. The summed E-state index contributed by atoms with van der Waals surface area (Å²) in [6, 6.07) is 1.09. The number of fused-ring (bicyclic) bond motifs is 1. The molecule has 1 unspecified atom stereocenters. The number of carbonyl (C=O) groups excluding carboxylic acids is 1. The van der Waals surface area contributed by atoms with Gasteiger partial charge in [0, 0.05) is 44.4 Å². The summed E-state index contributed by atoms with van der Waals surface area (Å²) in [7, 11) is 0. The molecular weight excluding hydrogens is 399 g/mol. The van der Waals surface area contributed by atoms with Crippen molar-refractivity contribution >= 4 is 17.0 Å². The number of aromatic nitrogens is 4. The minimum absolute atomic E-state index is 0.00690. The summed E-state index contributed by atoms with van der Waals surface area (Å²) in [4.78, 5) is 22.6. The third-order valence-electron chi connectivity index (χ3n) is 5.50. The van der Waals surface area contributed by atoms with E-state index in [0.29, 0.717) is 51.0 Å². The van der Waals surface area contributed by atoms with Gasteiger partial charge in [0.1, 0.15) is 0 Å². The number of amides is 1. The predicted octanol–water partition coefficient (Wildman–Crippen LogP) is 3.93. The van der Waals surface area contributed by atoms with E-state index in [1.165, 1.54) is 6.92 Å². The van der Waals surface area contributed by atoms with Crippen molar-refractivity contribution in [2.24, 2.45) is 0 Å². The number of hydrogen-bond donors (Lipinski definition) is 0. The largest absolute Gasteiger partial charge is 0.417 e. The summed E-state index contributed by atoms with van der Waals surface area (Å²) in [5.41, 5.74) is -0.442. The molecule has 0 spiro atoms. The number of hydrogen-bond acceptors (Lipinski definition) is 5. The quantitative estimate of drug-likeness (QED) is 0.624. The van der Waals surface area contributed by atoms with E-state index >= 15 is 0 Å². The lowest BCUT2D eigenvalue weighted by Crippen LogP contribution is -2.39. The van der Waals surface area contributed by atoms with Crippen LogP contribution in [0.15, 0.2) is 29.3 Å². The second kappa shape index (κ2) is 8.08. The Bertz CT molecular complexity index is 1030. The molecule has 1 atom stereocenters. The molecule has 3 aromatic heterocycles. The van der Waals surface area contributed by atoms with Gasteiger partial charge in [-0.3, -0.25) is 4.79 Å². The van der Waals surface area contributed by atoms with Gasteiger partial charge in [-0.25, -0.2) is 9.97 Å². The maximum atomic E-state index is 13.6. The highest BCUT2D eigenvalue weighted by Crippen LogP contribution is 2.38. The van der Waals surface area contributed by atoms with Gasteiger partial charge in [-0.1, -0.05) is 5.16 Å². The molecular formula is C20H22F3N5O2. The highest BCUT2D eigenvalue weighted by atomic mass is 19.4. The minimum Gasteiger partial charge on any atom is -0.342 e. The number of likely N-dealkylation sites (tertiary alicyclic amines) is 1. The zero-order valence-electron chi connectivity index (χ0n) is 16.5. The molecule has 1 saturated heterocycles. The minimum atomic E-state index is -4.54. The first-order chi connectivity index (χ1) is 14.3. The fourth-order valence-electron chi connectivity index (χ4n) is 3.98. The Kier molecular flexibility index (Phi) is 5.48. The van der Waals surface area contributed by atoms with E-state index in [-0.39, 0.29) is 28.6 Å². The Labute approximate surface area is 170 Å². The first-order valence-corrected chi connectivity index (χ1v) is 9.90. The lowest BCUT2D eigenvalue weighted by Gasteiger charge is -2.32. The number of pyridine rings is 1. The van der Waals surface area contributed by atoms with E-state index in [1.807, 2.05) is 10.8 Å². The van der Waals surface area contributed by atoms with Gasteiger partial charge in [-0.15, -0.1) is 0 Å². The van der Waals surface area contributed by atoms with Gasteiger partial charge in [0.25, 0.3) is 5.71 Å². The van der Waals surface area contributed by atoms with Gasteiger partial charge in [0.15, 0.2) is 0 Å². The van der Waals surface area contributed by atoms with Gasteiger partial charge in [0.05, 0.1) is 28.7 Å². The van der Waals surface area contributed by atoms with Crippen molar-refractivity contribution in [2.45, 2.75) is 51.2 Å². The molecule has 1 amide bonds. The van der Waals surface area contributed by atoms with Crippen LogP contribution in [0, 0.1) is 6.92 Å². The van der Waals surface area contributed by atoms with Gasteiger partial charge in [-0.2, -0.15) is 13.2 Å². The number of carbonyl (C=O) groups is 1. The Hall–Kier alpha value is -2.91. The van der Waals surface area contributed by atoms with Gasteiger partial charge < -0.3 is 14.0 Å². The summed E-state index contributed by atoms with van der Waals surface area (Å²) < 4.78 is 47.8. The van der Waals surface area contributed by atoms with Crippen LogP contribution in [0.5, 0.6) is 0 Å². The fourth-order valence-corrected chi connectivity index (χ4v) is 3.98. The Morgan fingerprint density at radius 2 is 2.20 bits per heavy atom. The summed E-state index contributed by atoms with van der Waals surface area (Å²) in [6.07, 6.45) is 3.13. The third kappa shape index (κ3) is 4.17. The molecule has 0 radical (unpaired) electrons. The number of aryl methyl sites for hydroxylation is 2. The number of halogens is 3. The van der Waals surface area contributed by atoms with E-state index in [0.717, 1.165) is 6.07 Å². The molecule has 0 aliphatic carbocycles. The van der Waals surface area contributed by atoms with Crippen LogP contribution >= 0.6 is 0 Å². The molecule has 160 valence electrons. The van der Waals surface area contributed by atoms with Crippen LogP contribution in [0.2, 0.25) is 0 Å². The highest BCUT2D eigenvalue weighted by Gasteiger charge is 2.37. The number of alkyl halides is 3. The first-order valence-electron chi connectivity index (χ1n) is 9.90. The lowest BCUT2D eigenvalue weighted by molar-refractivity contribution is -0.136. The second-order valence-corrected chi connectivity index (χ2v) is 7.62. The van der Waals surface area contributed by atoms with E-state index in [2.05, 4.69) is 15.1 Å². The van der Waals surface area contributed by atoms with Crippen molar-refractivity contribution < 1.29 is 22.5 Å². The number of piperidine rings is 1. The number of rotatable bonds is 5. The molecule has 1 aliphatic heterocycles. The molecule has 0 N–H and O–H groups in total. The first kappa shape index (κ1) is 20.4. The zero-order chi connectivity index (χ0) is 21.3. The number of imidazole rings is 1. The van der Waals surface area contributed by atoms with Gasteiger partial charge in [0.2, 0.25) is 5.91 Å². The van der Waals surface area contributed by atoms with Crippen molar-refractivity contribution in [1.29, 1.82) is 0 Å². The Balaban J connectivity index is 1.49. The van der Waals surface area contributed by atoms with Crippen LogP contribution in [0.1, 0.15) is 48.6 Å². The van der Waals surface area contributed by atoms with Gasteiger partial charge in [-0.05, 0) is 32.3 Å². The molecule has 1 aliphatic rings. The summed E-state index contributed by atoms with van der Waals surface area (Å²) in [5, 5.41) is 3.54. The van der Waals surface area contributed by atoms with Crippen molar-refractivity contribution in [2.75, 3.05) is 13.1 Å². The molecule has 0 bridgehead atoms. The van der Waals surface area contributed by atoms with Crippen molar-refractivity contribution in [1.82, 2.24) is 24.6 Å². The van der Waals surface area contributed by atoms with Crippen LogP contribution < -0.4 is 0 Å². The summed E-state index contributed by atoms with van der Waals surface area (Å²) in [5.74, 6) is -0.264. The molecule has 3 aromatic rings. The molecule has 4 rings (SSSR count). The maximum Gasteiger partial charge on any atom is 0.417 e. The normalized spacial score (nSPS) is 17.6. The van der Waals surface area contributed by atoms with Crippen molar-refractivity contribution in [3.8, 4) is 0 Å². The average molecular weight is 421 g/mol. The molecule has 30 heavy (non-hydrogen) atoms. The molecule has 7 nitrogen and oxygen atoms in total. The second-order valence-electron chi connectivity index (χ2n) is 7.62. The van der Waals surface area contributed by atoms with Crippen LogP contribution in [0.4, 0.5) is 13.2 Å². The standard InChI is InChI=1S/C20H22F3N5O2/c1-13-18-15(20(21,22)23)10-16(25-19(18)30-26-13)14-4-2-8-28(11-14)17(29)5-3-7-27-9-6-24-12-27/h6,9-10,12,14H,2-5,7-8,11H2,1H3. The topological polar surface area (TPSA) is 77.0 Å². The molecule has 1 fully saturated rings. The summed E-state index contributed by atoms with van der Waals surface area (Å²) in [6.45, 7) is 3.12. The molecule has 0 aromatic carbocycles.